The highest BCUT2D eigenvalue weighted by Gasteiger charge is 2.17. The number of carbonyl (C=O) groups is 1. The highest BCUT2D eigenvalue weighted by Crippen LogP contribution is 2.40. The summed E-state index contributed by atoms with van der Waals surface area (Å²) < 4.78 is 27.4. The molecule has 172 valence electrons. The van der Waals surface area contributed by atoms with Crippen LogP contribution in [-0.4, -0.2) is 38.9 Å². The maximum Gasteiger partial charge on any atom is 0.308 e. The Kier molecular flexibility index (Phi) is 9.13. The number of methoxy groups -OCH3 is 3. The van der Waals surface area contributed by atoms with Gasteiger partial charge in [0.2, 0.25) is 5.75 Å². The van der Waals surface area contributed by atoms with E-state index in [0.717, 1.165) is 16.5 Å². The minimum atomic E-state index is -0.418. The van der Waals surface area contributed by atoms with Gasteiger partial charge >= 0.3 is 5.97 Å². The lowest BCUT2D eigenvalue weighted by Crippen LogP contribution is -2.05. The first-order valence-corrected chi connectivity index (χ1v) is 10.5. The summed E-state index contributed by atoms with van der Waals surface area (Å²) in [6.45, 7) is 7.70. The molecule has 0 aliphatic carbocycles. The molecule has 3 aromatic rings. The van der Waals surface area contributed by atoms with E-state index in [1.807, 2.05) is 45.0 Å². The fourth-order valence-corrected chi connectivity index (χ4v) is 3.38. The Morgan fingerprint density at radius 1 is 0.875 bits per heavy atom. The maximum absolute atomic E-state index is 11.7. The number of pyridine rings is 1. The van der Waals surface area contributed by atoms with Crippen molar-refractivity contribution in [3.8, 4) is 28.7 Å². The minimum absolute atomic E-state index is 0.376. The van der Waals surface area contributed by atoms with Crippen LogP contribution in [-0.2, 0) is 11.2 Å². The topological polar surface area (TPSA) is 76.1 Å². The minimum Gasteiger partial charge on any atom is -0.493 e. The quantitative estimate of drug-likeness (QED) is 0.351. The normalized spacial score (nSPS) is 10.1. The van der Waals surface area contributed by atoms with E-state index in [9.17, 15) is 4.79 Å². The van der Waals surface area contributed by atoms with Crippen LogP contribution < -0.4 is 23.7 Å². The van der Waals surface area contributed by atoms with Crippen molar-refractivity contribution in [2.24, 2.45) is 0 Å². The number of rotatable bonds is 8. The smallest absolute Gasteiger partial charge is 0.308 e. The first-order chi connectivity index (χ1) is 15.5. The van der Waals surface area contributed by atoms with Crippen molar-refractivity contribution < 1.29 is 28.5 Å². The third kappa shape index (κ3) is 5.41. The van der Waals surface area contributed by atoms with Gasteiger partial charge in [0, 0.05) is 24.7 Å². The van der Waals surface area contributed by atoms with Crippen LogP contribution in [0.5, 0.6) is 28.7 Å². The number of benzene rings is 2. The van der Waals surface area contributed by atoms with Crippen LogP contribution in [0.25, 0.3) is 10.8 Å². The molecular weight excluding hydrogens is 410 g/mol. The molecule has 0 unspecified atom stereocenters. The van der Waals surface area contributed by atoms with Crippen LogP contribution in [0, 0.1) is 0 Å². The Morgan fingerprint density at radius 3 is 2.06 bits per heavy atom. The summed E-state index contributed by atoms with van der Waals surface area (Å²) in [4.78, 5) is 16.0. The molecule has 0 saturated carbocycles. The van der Waals surface area contributed by atoms with Gasteiger partial charge in [0.25, 0.3) is 0 Å². The molecule has 7 nitrogen and oxygen atoms in total. The summed E-state index contributed by atoms with van der Waals surface area (Å²) in [5.41, 5.74) is 1.92. The van der Waals surface area contributed by atoms with Gasteiger partial charge in [0.05, 0.1) is 27.9 Å². The zero-order chi connectivity index (χ0) is 23.7. The molecule has 0 fully saturated rings. The maximum atomic E-state index is 11.7. The first kappa shape index (κ1) is 24.8. The van der Waals surface area contributed by atoms with E-state index >= 15 is 0 Å². The molecule has 1 heterocycles. The number of esters is 1. The predicted molar refractivity (Wildman–Crippen MR) is 124 cm³/mol. The lowest BCUT2D eigenvalue weighted by Gasteiger charge is -2.16. The zero-order valence-electron chi connectivity index (χ0n) is 19.8. The van der Waals surface area contributed by atoms with Crippen LogP contribution in [0.3, 0.4) is 0 Å². The van der Waals surface area contributed by atoms with Gasteiger partial charge in [-0.1, -0.05) is 19.9 Å². The molecule has 0 bridgehead atoms. The molecule has 7 heteroatoms. The first-order valence-electron chi connectivity index (χ1n) is 10.5. The zero-order valence-corrected chi connectivity index (χ0v) is 19.8. The lowest BCUT2D eigenvalue weighted by molar-refractivity contribution is -0.131. The van der Waals surface area contributed by atoms with Crippen molar-refractivity contribution in [3.63, 3.8) is 0 Å². The lowest BCUT2D eigenvalue weighted by atomic mass is 9.99. The van der Waals surface area contributed by atoms with Gasteiger partial charge in [0.15, 0.2) is 23.0 Å². The molecule has 0 N–H and O–H groups in total. The third-order valence-electron chi connectivity index (χ3n) is 4.60. The van der Waals surface area contributed by atoms with Gasteiger partial charge in [0.1, 0.15) is 0 Å². The number of ether oxygens (including phenoxy) is 5. The van der Waals surface area contributed by atoms with E-state index in [4.69, 9.17) is 23.7 Å². The summed E-state index contributed by atoms with van der Waals surface area (Å²) in [6, 6.07) is 7.56. The molecule has 1 aromatic heterocycles. The van der Waals surface area contributed by atoms with Crippen molar-refractivity contribution in [1.82, 2.24) is 4.98 Å². The average Bonchev–Trinajstić information content (AvgIpc) is 2.81. The monoisotopic (exact) mass is 441 g/mol. The molecular formula is C25H31NO6. The highest BCUT2D eigenvalue weighted by molar-refractivity contribution is 5.94. The van der Waals surface area contributed by atoms with Crippen LogP contribution in [0.1, 0.15) is 38.8 Å². The molecule has 0 spiro atoms. The van der Waals surface area contributed by atoms with Gasteiger partial charge in [-0.05, 0) is 48.1 Å². The number of nitrogens with zero attached hydrogens (tertiary/aromatic N) is 1. The average molecular weight is 442 g/mol. The van der Waals surface area contributed by atoms with E-state index in [2.05, 4.69) is 4.98 Å². The highest BCUT2D eigenvalue weighted by atomic mass is 16.6. The van der Waals surface area contributed by atoms with E-state index < -0.39 is 5.97 Å². The second-order valence-electron chi connectivity index (χ2n) is 6.52. The molecule has 3 rings (SSSR count). The fraction of sp³-hybridized carbons (Fsp3) is 0.360. The van der Waals surface area contributed by atoms with Crippen LogP contribution >= 0.6 is 0 Å². The number of aromatic nitrogens is 1. The largest absolute Gasteiger partial charge is 0.493 e. The summed E-state index contributed by atoms with van der Waals surface area (Å²) >= 11 is 0. The SMILES string of the molecule is CC.CCOc1ccc2c(Cc3cc(OC)c(OC)c(OC)c3)cncc2c1OC(C)=O. The van der Waals surface area contributed by atoms with Crippen LogP contribution in [0.2, 0.25) is 0 Å². The molecule has 0 saturated heterocycles. The predicted octanol–water partition coefficient (Wildman–Crippen LogP) is 5.20. The summed E-state index contributed by atoms with van der Waals surface area (Å²) in [7, 11) is 4.74. The summed E-state index contributed by atoms with van der Waals surface area (Å²) in [5.74, 6) is 2.17. The van der Waals surface area contributed by atoms with Crippen molar-refractivity contribution >= 4 is 16.7 Å². The van der Waals surface area contributed by atoms with Crippen molar-refractivity contribution in [2.75, 3.05) is 27.9 Å². The number of fused-ring (bicyclic) bond motifs is 1. The van der Waals surface area contributed by atoms with E-state index in [1.165, 1.54) is 6.92 Å². The Labute approximate surface area is 189 Å². The van der Waals surface area contributed by atoms with Crippen molar-refractivity contribution in [3.05, 3.63) is 47.8 Å². The van der Waals surface area contributed by atoms with Crippen molar-refractivity contribution in [1.29, 1.82) is 0 Å². The number of hydrogen-bond donors (Lipinski definition) is 0. The Hall–Kier alpha value is -3.48. The molecule has 0 atom stereocenters. The summed E-state index contributed by atoms with van der Waals surface area (Å²) in [6.07, 6.45) is 4.03. The van der Waals surface area contributed by atoms with E-state index in [0.29, 0.717) is 47.2 Å². The van der Waals surface area contributed by atoms with Gasteiger partial charge in [-0.3, -0.25) is 9.78 Å². The third-order valence-corrected chi connectivity index (χ3v) is 4.60. The Balaban J connectivity index is 0.00000176. The number of hydrogen-bond acceptors (Lipinski definition) is 7. The number of carbonyl (C=O) groups excluding carboxylic acids is 1. The standard InChI is InChI=1S/C23H25NO6.C2H6/c1-6-29-19-8-7-17-16(12-24-13-18(17)22(19)30-14(2)25)9-15-10-20(26-3)23(28-5)21(11-15)27-4;1-2/h7-8,10-13H,6,9H2,1-5H3;1-2H3. The Bertz CT molecular complexity index is 1040. The van der Waals surface area contributed by atoms with E-state index in [-0.39, 0.29) is 0 Å². The van der Waals surface area contributed by atoms with Crippen LogP contribution in [0.4, 0.5) is 0 Å². The molecule has 2 aromatic carbocycles. The molecule has 32 heavy (non-hydrogen) atoms. The van der Waals surface area contributed by atoms with Crippen LogP contribution in [0.15, 0.2) is 36.7 Å². The Morgan fingerprint density at radius 2 is 1.53 bits per heavy atom. The van der Waals surface area contributed by atoms with Gasteiger partial charge < -0.3 is 23.7 Å². The summed E-state index contributed by atoms with van der Waals surface area (Å²) in [5, 5.41) is 1.62. The fourth-order valence-electron chi connectivity index (χ4n) is 3.38. The molecule has 0 radical (unpaired) electrons. The second kappa shape index (κ2) is 11.8. The molecule has 0 aliphatic rings. The van der Waals surface area contributed by atoms with Gasteiger partial charge in [-0.2, -0.15) is 0 Å². The molecule has 0 amide bonds. The second-order valence-corrected chi connectivity index (χ2v) is 6.52. The van der Waals surface area contributed by atoms with Crippen molar-refractivity contribution in [2.45, 2.75) is 34.1 Å². The van der Waals surface area contributed by atoms with E-state index in [1.54, 1.807) is 33.7 Å². The molecule has 0 aliphatic heterocycles. The van der Waals surface area contributed by atoms with Gasteiger partial charge in [-0.15, -0.1) is 0 Å². The van der Waals surface area contributed by atoms with Gasteiger partial charge in [-0.25, -0.2) is 0 Å².